The number of hydrogen-bond donors (Lipinski definition) is 2. The highest BCUT2D eigenvalue weighted by Gasteiger charge is 2.25. The second-order valence-electron chi connectivity index (χ2n) is 6.27. The summed E-state index contributed by atoms with van der Waals surface area (Å²) in [6, 6.07) is 3.67. The molecule has 0 radical (unpaired) electrons. The van der Waals surface area contributed by atoms with E-state index in [0.29, 0.717) is 48.9 Å². The Morgan fingerprint density at radius 2 is 2.11 bits per heavy atom. The highest BCUT2D eigenvalue weighted by Crippen LogP contribution is 2.35. The smallest absolute Gasteiger partial charge is 0.407 e. The van der Waals surface area contributed by atoms with Crippen molar-refractivity contribution in [2.75, 3.05) is 25.5 Å². The molecular formula is C18H20N6O4. The van der Waals surface area contributed by atoms with Crippen LogP contribution in [-0.2, 0) is 0 Å². The maximum atomic E-state index is 11.0. The number of aryl methyl sites for hydroxylation is 1. The number of nitrogens with zero attached hydrogens (tertiary/aromatic N) is 5. The molecule has 0 atom stereocenters. The van der Waals surface area contributed by atoms with Crippen molar-refractivity contribution in [3.8, 4) is 17.7 Å². The lowest BCUT2D eigenvalue weighted by atomic mass is 10.1. The number of likely N-dealkylation sites (tertiary alicyclic amines) is 1. The zero-order valence-corrected chi connectivity index (χ0v) is 15.5. The third-order valence-electron chi connectivity index (χ3n) is 4.44. The Labute approximate surface area is 161 Å². The van der Waals surface area contributed by atoms with Crippen LogP contribution < -0.4 is 14.8 Å². The van der Waals surface area contributed by atoms with Gasteiger partial charge >= 0.3 is 6.09 Å². The van der Waals surface area contributed by atoms with Crippen molar-refractivity contribution in [3.05, 3.63) is 29.8 Å². The topological polar surface area (TPSA) is 133 Å². The first-order valence-electron chi connectivity index (χ1n) is 8.69. The van der Waals surface area contributed by atoms with E-state index in [0.717, 1.165) is 5.56 Å². The first-order chi connectivity index (χ1) is 13.5. The maximum absolute atomic E-state index is 11.0. The van der Waals surface area contributed by atoms with Crippen LogP contribution in [0.3, 0.4) is 0 Å². The van der Waals surface area contributed by atoms with Crippen LogP contribution in [0.4, 0.5) is 16.3 Å². The minimum absolute atomic E-state index is 0.162. The molecule has 0 aliphatic carbocycles. The van der Waals surface area contributed by atoms with Crippen molar-refractivity contribution < 1.29 is 19.4 Å². The predicted octanol–water partition coefficient (Wildman–Crippen LogP) is 2.33. The Morgan fingerprint density at radius 3 is 2.71 bits per heavy atom. The van der Waals surface area contributed by atoms with Gasteiger partial charge in [0.1, 0.15) is 24.2 Å². The number of carboxylic acid groups (broad SMARTS) is 1. The molecule has 0 spiro atoms. The van der Waals surface area contributed by atoms with Gasteiger partial charge in [-0.3, -0.25) is 0 Å². The molecule has 1 aliphatic heterocycles. The van der Waals surface area contributed by atoms with Gasteiger partial charge in [0.05, 0.1) is 19.0 Å². The van der Waals surface area contributed by atoms with Crippen LogP contribution in [0.2, 0.25) is 0 Å². The largest absolute Gasteiger partial charge is 0.489 e. The molecule has 146 valence electrons. The number of nitrogens with one attached hydrogen (secondary N) is 1. The van der Waals surface area contributed by atoms with E-state index in [1.807, 2.05) is 13.0 Å². The SMILES string of the molecule is COc1c(Nc2cnc(C#N)cc2C)ncnc1OC1CCN(C(=O)O)CC1. The van der Waals surface area contributed by atoms with E-state index >= 15 is 0 Å². The number of carbonyl (C=O) groups is 1. The Bertz CT molecular complexity index is 905. The first kappa shape index (κ1) is 19.2. The number of piperidine rings is 1. The lowest BCUT2D eigenvalue weighted by Crippen LogP contribution is -2.41. The molecule has 2 aromatic heterocycles. The molecule has 1 saturated heterocycles. The lowest BCUT2D eigenvalue weighted by Gasteiger charge is -2.30. The summed E-state index contributed by atoms with van der Waals surface area (Å²) in [7, 11) is 1.49. The molecule has 0 bridgehead atoms. The van der Waals surface area contributed by atoms with Crippen LogP contribution in [-0.4, -0.2) is 57.4 Å². The quantitative estimate of drug-likeness (QED) is 0.796. The van der Waals surface area contributed by atoms with Crippen molar-refractivity contribution in [1.82, 2.24) is 19.9 Å². The summed E-state index contributed by atoms with van der Waals surface area (Å²) in [5.41, 5.74) is 1.84. The number of ether oxygens (including phenoxy) is 2. The fraction of sp³-hybridized carbons (Fsp3) is 0.389. The van der Waals surface area contributed by atoms with Crippen molar-refractivity contribution in [2.24, 2.45) is 0 Å². The van der Waals surface area contributed by atoms with E-state index < -0.39 is 6.09 Å². The van der Waals surface area contributed by atoms with Crippen LogP contribution >= 0.6 is 0 Å². The summed E-state index contributed by atoms with van der Waals surface area (Å²) >= 11 is 0. The highest BCUT2D eigenvalue weighted by atomic mass is 16.5. The van der Waals surface area contributed by atoms with Crippen LogP contribution in [0, 0.1) is 18.3 Å². The van der Waals surface area contributed by atoms with Gasteiger partial charge in [0, 0.05) is 25.9 Å². The summed E-state index contributed by atoms with van der Waals surface area (Å²) in [4.78, 5) is 24.8. The van der Waals surface area contributed by atoms with E-state index in [9.17, 15) is 4.79 Å². The van der Waals surface area contributed by atoms with Crippen molar-refractivity contribution >= 4 is 17.6 Å². The number of anilines is 2. The van der Waals surface area contributed by atoms with E-state index in [2.05, 4.69) is 20.3 Å². The zero-order valence-electron chi connectivity index (χ0n) is 15.5. The van der Waals surface area contributed by atoms with Crippen LogP contribution in [0.25, 0.3) is 0 Å². The number of pyridine rings is 1. The third kappa shape index (κ3) is 4.20. The number of methoxy groups -OCH3 is 1. The Hall–Kier alpha value is -3.61. The van der Waals surface area contributed by atoms with Gasteiger partial charge in [-0.1, -0.05) is 0 Å². The Kier molecular flexibility index (Phi) is 5.74. The average Bonchev–Trinajstić information content (AvgIpc) is 2.70. The second kappa shape index (κ2) is 8.39. The average molecular weight is 384 g/mol. The Morgan fingerprint density at radius 1 is 1.36 bits per heavy atom. The molecule has 28 heavy (non-hydrogen) atoms. The van der Waals surface area contributed by atoms with E-state index in [-0.39, 0.29) is 12.0 Å². The molecule has 0 unspecified atom stereocenters. The van der Waals surface area contributed by atoms with Crippen LogP contribution in [0.15, 0.2) is 18.6 Å². The van der Waals surface area contributed by atoms with E-state index in [1.54, 1.807) is 12.3 Å². The van der Waals surface area contributed by atoms with Gasteiger partial charge < -0.3 is 24.8 Å². The molecule has 1 amide bonds. The van der Waals surface area contributed by atoms with Gasteiger partial charge in [-0.15, -0.1) is 0 Å². The van der Waals surface area contributed by atoms with Crippen molar-refractivity contribution in [3.63, 3.8) is 0 Å². The molecule has 0 aromatic carbocycles. The predicted molar refractivity (Wildman–Crippen MR) is 98.8 cm³/mol. The highest BCUT2D eigenvalue weighted by molar-refractivity contribution is 5.67. The van der Waals surface area contributed by atoms with Gasteiger partial charge in [0.25, 0.3) is 5.88 Å². The lowest BCUT2D eigenvalue weighted by molar-refractivity contribution is 0.0852. The number of rotatable bonds is 5. The summed E-state index contributed by atoms with van der Waals surface area (Å²) < 4.78 is 11.4. The van der Waals surface area contributed by atoms with Gasteiger partial charge in [-0.25, -0.2) is 14.8 Å². The summed E-state index contributed by atoms with van der Waals surface area (Å²) in [6.07, 6.45) is 2.97. The van der Waals surface area contributed by atoms with Gasteiger partial charge in [-0.2, -0.15) is 10.2 Å². The van der Waals surface area contributed by atoms with Crippen molar-refractivity contribution in [1.29, 1.82) is 5.26 Å². The summed E-state index contributed by atoms with van der Waals surface area (Å²) in [6.45, 7) is 2.68. The van der Waals surface area contributed by atoms with Crippen molar-refractivity contribution in [2.45, 2.75) is 25.9 Å². The molecule has 1 aliphatic rings. The van der Waals surface area contributed by atoms with E-state index in [4.69, 9.17) is 19.8 Å². The normalized spacial score (nSPS) is 14.2. The molecule has 3 rings (SSSR count). The molecule has 10 heteroatoms. The molecule has 10 nitrogen and oxygen atoms in total. The summed E-state index contributed by atoms with van der Waals surface area (Å²) in [5.74, 6) is 1.03. The molecule has 1 fully saturated rings. The zero-order chi connectivity index (χ0) is 20.1. The molecular weight excluding hydrogens is 364 g/mol. The fourth-order valence-electron chi connectivity index (χ4n) is 2.91. The second-order valence-corrected chi connectivity index (χ2v) is 6.27. The number of aromatic nitrogens is 3. The molecule has 2 N–H and O–H groups in total. The van der Waals surface area contributed by atoms with Crippen LogP contribution in [0.1, 0.15) is 24.1 Å². The first-order valence-corrected chi connectivity index (χ1v) is 8.69. The van der Waals surface area contributed by atoms with Gasteiger partial charge in [0.15, 0.2) is 5.82 Å². The molecule has 3 heterocycles. The fourth-order valence-corrected chi connectivity index (χ4v) is 2.91. The minimum atomic E-state index is -0.920. The number of amides is 1. The minimum Gasteiger partial charge on any atom is -0.489 e. The third-order valence-corrected chi connectivity index (χ3v) is 4.44. The van der Waals surface area contributed by atoms with E-state index in [1.165, 1.54) is 18.3 Å². The number of hydrogen-bond acceptors (Lipinski definition) is 8. The standard InChI is InChI=1S/C18H20N6O4/c1-11-7-12(8-19)20-9-14(11)23-16-15(27-2)17(22-10-21-16)28-13-3-5-24(6-4-13)18(25)26/h7,9-10,13H,3-6H2,1-2H3,(H,25,26)(H,21,22,23). The number of nitriles is 1. The monoisotopic (exact) mass is 384 g/mol. The summed E-state index contributed by atoms with van der Waals surface area (Å²) in [5, 5.41) is 21.1. The van der Waals surface area contributed by atoms with Gasteiger partial charge in [0.2, 0.25) is 5.75 Å². The maximum Gasteiger partial charge on any atom is 0.407 e. The molecule has 2 aromatic rings. The molecule has 0 saturated carbocycles. The van der Waals surface area contributed by atoms with Crippen LogP contribution in [0.5, 0.6) is 11.6 Å². The van der Waals surface area contributed by atoms with Gasteiger partial charge in [-0.05, 0) is 18.6 Å². The Balaban J connectivity index is 1.76.